The first-order valence-corrected chi connectivity index (χ1v) is 20.5. The highest BCUT2D eigenvalue weighted by molar-refractivity contribution is 7.26. The number of hydrogen-bond donors (Lipinski definition) is 0. The van der Waals surface area contributed by atoms with Crippen LogP contribution in [0.4, 0.5) is 17.1 Å². The van der Waals surface area contributed by atoms with E-state index < -0.39 is 5.41 Å². The van der Waals surface area contributed by atoms with Gasteiger partial charge in [0.2, 0.25) is 0 Å². The standard InChI is InChI=1S/C55H35NS/c1-4-16-36(17-5-1)38-28-31-41(32-29-38)56(40-20-8-3-9-21-40)54-52-44-24-12-15-27-48(44)55(46-25-13-10-22-42(46)43-23-11-14-26-47(43)55)49(52)35-51-53(54)45-34-39(30-33-50(45)57-51)37-18-6-2-7-19-37/h1-35H. The number of thiophene rings is 1. The summed E-state index contributed by atoms with van der Waals surface area (Å²) >= 11 is 1.91. The summed E-state index contributed by atoms with van der Waals surface area (Å²) in [6.07, 6.45) is 0. The molecule has 1 aromatic heterocycles. The summed E-state index contributed by atoms with van der Waals surface area (Å²) < 4.78 is 2.58. The molecule has 0 amide bonds. The molecule has 9 aromatic carbocycles. The lowest BCUT2D eigenvalue weighted by Gasteiger charge is -2.32. The van der Waals surface area contributed by atoms with Crippen molar-refractivity contribution >= 4 is 48.6 Å². The largest absolute Gasteiger partial charge is 0.309 e. The van der Waals surface area contributed by atoms with Crippen LogP contribution in [-0.2, 0) is 5.41 Å². The Balaban J connectivity index is 1.24. The molecule has 10 aromatic rings. The molecule has 0 aliphatic heterocycles. The van der Waals surface area contributed by atoms with E-state index in [2.05, 4.69) is 217 Å². The van der Waals surface area contributed by atoms with Gasteiger partial charge in [-0.1, -0.05) is 170 Å². The number of anilines is 3. The lowest BCUT2D eigenvalue weighted by atomic mass is 9.70. The molecule has 2 heteroatoms. The van der Waals surface area contributed by atoms with Crippen LogP contribution >= 0.6 is 11.3 Å². The van der Waals surface area contributed by atoms with Gasteiger partial charge in [-0.3, -0.25) is 0 Å². The lowest BCUT2D eigenvalue weighted by Crippen LogP contribution is -2.26. The van der Waals surface area contributed by atoms with E-state index in [1.165, 1.54) is 92.6 Å². The van der Waals surface area contributed by atoms with E-state index in [9.17, 15) is 0 Å². The third-order valence-corrected chi connectivity index (χ3v) is 13.4. The number of benzene rings is 9. The van der Waals surface area contributed by atoms with Gasteiger partial charge in [0, 0.05) is 37.1 Å². The van der Waals surface area contributed by atoms with Gasteiger partial charge in [0.05, 0.1) is 11.1 Å². The number of fused-ring (bicyclic) bond motifs is 13. The van der Waals surface area contributed by atoms with Gasteiger partial charge in [0.25, 0.3) is 0 Å². The van der Waals surface area contributed by atoms with E-state index in [1.54, 1.807) is 0 Å². The molecule has 0 radical (unpaired) electrons. The number of nitrogens with zero attached hydrogens (tertiary/aromatic N) is 1. The predicted octanol–water partition coefficient (Wildman–Crippen LogP) is 15.2. The van der Waals surface area contributed by atoms with Gasteiger partial charge < -0.3 is 4.90 Å². The van der Waals surface area contributed by atoms with Crippen LogP contribution in [0, 0.1) is 0 Å². The van der Waals surface area contributed by atoms with Crippen molar-refractivity contribution in [1.29, 1.82) is 0 Å². The summed E-state index contributed by atoms with van der Waals surface area (Å²) in [6.45, 7) is 0. The zero-order chi connectivity index (χ0) is 37.5. The van der Waals surface area contributed by atoms with Crippen molar-refractivity contribution in [2.45, 2.75) is 5.41 Å². The van der Waals surface area contributed by atoms with Gasteiger partial charge >= 0.3 is 0 Å². The molecule has 1 heterocycles. The Kier molecular flexibility index (Phi) is 7.08. The monoisotopic (exact) mass is 741 g/mol. The first kappa shape index (κ1) is 32.3. The molecule has 2 aliphatic rings. The van der Waals surface area contributed by atoms with E-state index in [4.69, 9.17) is 0 Å². The highest BCUT2D eigenvalue weighted by Gasteiger charge is 2.53. The second kappa shape index (κ2) is 12.5. The molecule has 0 saturated carbocycles. The minimum atomic E-state index is -0.465. The van der Waals surface area contributed by atoms with Crippen LogP contribution in [-0.4, -0.2) is 0 Å². The lowest BCUT2D eigenvalue weighted by molar-refractivity contribution is 0.795. The maximum Gasteiger partial charge on any atom is 0.0726 e. The van der Waals surface area contributed by atoms with Crippen molar-refractivity contribution in [3.63, 3.8) is 0 Å². The van der Waals surface area contributed by atoms with E-state index in [0.29, 0.717) is 0 Å². The Hall–Kier alpha value is -7.00. The molecule has 57 heavy (non-hydrogen) atoms. The molecular formula is C55H35NS. The second-order valence-electron chi connectivity index (χ2n) is 15.2. The van der Waals surface area contributed by atoms with Crippen molar-refractivity contribution < 1.29 is 0 Å². The fraction of sp³-hybridized carbons (Fsp3) is 0.0182. The Morgan fingerprint density at radius 1 is 0.351 bits per heavy atom. The zero-order valence-electron chi connectivity index (χ0n) is 31.1. The molecule has 2 aliphatic carbocycles. The van der Waals surface area contributed by atoms with Gasteiger partial charge in [0.15, 0.2) is 0 Å². The molecule has 12 rings (SSSR count). The minimum absolute atomic E-state index is 0.465. The predicted molar refractivity (Wildman–Crippen MR) is 241 cm³/mol. The fourth-order valence-electron chi connectivity index (χ4n) is 9.93. The van der Waals surface area contributed by atoms with Gasteiger partial charge in [-0.15, -0.1) is 11.3 Å². The smallest absolute Gasteiger partial charge is 0.0726 e. The summed E-state index contributed by atoms with van der Waals surface area (Å²) in [5.41, 5.74) is 18.5. The molecule has 1 spiro atoms. The highest BCUT2D eigenvalue weighted by atomic mass is 32.1. The Labute approximate surface area is 336 Å². The van der Waals surface area contributed by atoms with Crippen LogP contribution in [0.1, 0.15) is 22.3 Å². The van der Waals surface area contributed by atoms with Gasteiger partial charge in [-0.2, -0.15) is 0 Å². The fourth-order valence-corrected chi connectivity index (χ4v) is 11.1. The average molecular weight is 742 g/mol. The van der Waals surface area contributed by atoms with Crippen LogP contribution in [0.5, 0.6) is 0 Å². The Bertz CT molecular complexity index is 3120. The van der Waals surface area contributed by atoms with Crippen molar-refractivity contribution in [1.82, 2.24) is 0 Å². The summed E-state index contributed by atoms with van der Waals surface area (Å²) in [6, 6.07) is 78.7. The molecular weight excluding hydrogens is 707 g/mol. The second-order valence-corrected chi connectivity index (χ2v) is 16.3. The molecule has 0 bridgehead atoms. The molecule has 0 atom stereocenters. The van der Waals surface area contributed by atoms with E-state index >= 15 is 0 Å². The van der Waals surface area contributed by atoms with Crippen molar-refractivity contribution in [3.8, 4) is 44.5 Å². The van der Waals surface area contributed by atoms with Crippen LogP contribution < -0.4 is 4.90 Å². The molecule has 266 valence electrons. The average Bonchev–Trinajstić information content (AvgIpc) is 3.91. The van der Waals surface area contributed by atoms with Crippen molar-refractivity contribution in [2.24, 2.45) is 0 Å². The van der Waals surface area contributed by atoms with Crippen LogP contribution in [0.3, 0.4) is 0 Å². The van der Waals surface area contributed by atoms with E-state index in [-0.39, 0.29) is 0 Å². The van der Waals surface area contributed by atoms with Crippen LogP contribution in [0.2, 0.25) is 0 Å². The Morgan fingerprint density at radius 3 is 1.46 bits per heavy atom. The molecule has 0 N–H and O–H groups in total. The SMILES string of the molecule is c1ccc(-c2ccc(N(c3ccccc3)c3c4c(cc5sc6ccc(-c7ccccc7)cc6c35)C3(c5ccccc5-c5ccccc53)c3ccccc3-4)cc2)cc1. The topological polar surface area (TPSA) is 3.24 Å². The van der Waals surface area contributed by atoms with E-state index in [1.807, 2.05) is 11.3 Å². The molecule has 1 nitrogen and oxygen atoms in total. The van der Waals surface area contributed by atoms with Crippen LogP contribution in [0.25, 0.3) is 64.7 Å². The number of para-hydroxylation sites is 1. The summed E-state index contributed by atoms with van der Waals surface area (Å²) in [5.74, 6) is 0. The maximum absolute atomic E-state index is 2.56. The first-order chi connectivity index (χ1) is 28.3. The summed E-state index contributed by atoms with van der Waals surface area (Å²) in [7, 11) is 0. The summed E-state index contributed by atoms with van der Waals surface area (Å²) in [4.78, 5) is 2.54. The van der Waals surface area contributed by atoms with Crippen molar-refractivity contribution in [2.75, 3.05) is 4.90 Å². The molecule has 0 saturated heterocycles. The number of rotatable bonds is 5. The van der Waals surface area contributed by atoms with E-state index in [0.717, 1.165) is 11.4 Å². The van der Waals surface area contributed by atoms with Gasteiger partial charge in [-0.05, 0) is 104 Å². The third-order valence-electron chi connectivity index (χ3n) is 12.3. The first-order valence-electron chi connectivity index (χ1n) is 19.7. The minimum Gasteiger partial charge on any atom is -0.309 e. The van der Waals surface area contributed by atoms with Crippen LogP contribution in [0.15, 0.2) is 212 Å². The third kappa shape index (κ3) is 4.62. The van der Waals surface area contributed by atoms with Gasteiger partial charge in [-0.25, -0.2) is 0 Å². The number of hydrogen-bond acceptors (Lipinski definition) is 2. The maximum atomic E-state index is 2.56. The van der Waals surface area contributed by atoms with Gasteiger partial charge in [0.1, 0.15) is 0 Å². The summed E-state index contributed by atoms with van der Waals surface area (Å²) in [5, 5.41) is 2.57. The normalized spacial score (nSPS) is 13.1. The quantitative estimate of drug-likeness (QED) is 0.170. The molecule has 0 unspecified atom stereocenters. The Morgan fingerprint density at radius 2 is 0.825 bits per heavy atom. The van der Waals surface area contributed by atoms with Crippen molar-refractivity contribution in [3.05, 3.63) is 235 Å². The molecule has 0 fully saturated rings. The zero-order valence-corrected chi connectivity index (χ0v) is 31.9. The highest BCUT2D eigenvalue weighted by Crippen LogP contribution is 2.66.